The third kappa shape index (κ3) is 5.51. The topological polar surface area (TPSA) is 50.2 Å². The van der Waals surface area contributed by atoms with Gasteiger partial charge in [-0.05, 0) is 55.2 Å². The summed E-state index contributed by atoms with van der Waals surface area (Å²) in [5.41, 5.74) is 2.43. The third-order valence-electron chi connectivity index (χ3n) is 4.32. The van der Waals surface area contributed by atoms with E-state index in [0.29, 0.717) is 0 Å². The predicted octanol–water partition coefficient (Wildman–Crippen LogP) is 5.74. The minimum Gasteiger partial charge on any atom is -0.481 e. The minimum atomic E-state index is -0.707. The van der Waals surface area contributed by atoms with Crippen molar-refractivity contribution >= 4 is 29.5 Å². The summed E-state index contributed by atoms with van der Waals surface area (Å²) >= 11 is 3.70. The highest BCUT2D eigenvalue weighted by molar-refractivity contribution is 8.00. The zero-order valence-corrected chi connectivity index (χ0v) is 15.8. The van der Waals surface area contributed by atoms with Crippen LogP contribution in [0.15, 0.2) is 52.5 Å². The first-order valence-electron chi connectivity index (χ1n) is 8.79. The monoisotopic (exact) mass is 373 g/mol. The third-order valence-corrected chi connectivity index (χ3v) is 6.77. The highest BCUT2D eigenvalue weighted by Gasteiger charge is 2.20. The van der Waals surface area contributed by atoms with Crippen molar-refractivity contribution in [1.82, 2.24) is 4.98 Å². The van der Waals surface area contributed by atoms with Crippen molar-refractivity contribution in [3.63, 3.8) is 0 Å². The maximum absolute atomic E-state index is 10.5. The fraction of sp³-hybridized carbons (Fsp3) is 0.400. The van der Waals surface area contributed by atoms with E-state index in [9.17, 15) is 4.79 Å². The molecule has 25 heavy (non-hydrogen) atoms. The molecule has 0 spiro atoms. The fourth-order valence-electron chi connectivity index (χ4n) is 2.65. The van der Waals surface area contributed by atoms with Crippen LogP contribution < -0.4 is 0 Å². The van der Waals surface area contributed by atoms with E-state index < -0.39 is 5.97 Å². The Morgan fingerprint density at radius 3 is 2.64 bits per heavy atom. The van der Waals surface area contributed by atoms with Gasteiger partial charge in [0.15, 0.2) is 0 Å². The lowest BCUT2D eigenvalue weighted by Gasteiger charge is -2.24. The van der Waals surface area contributed by atoms with Crippen LogP contribution in [0.5, 0.6) is 0 Å². The number of thioether (sulfide) groups is 2. The standard InChI is InChI=1S/C20H23NO2S2/c22-19(23)8-1-2-14-24-16-11-9-15(10-12-16)18-7-4-13-21-20(18)25-17-5-3-6-17/h4,7,9-13,17H,1-3,5-6,8,14H2,(H,22,23). The molecule has 0 unspecified atom stereocenters. The van der Waals surface area contributed by atoms with Gasteiger partial charge in [0.2, 0.25) is 0 Å². The van der Waals surface area contributed by atoms with Gasteiger partial charge in [0.1, 0.15) is 5.03 Å². The van der Waals surface area contributed by atoms with Gasteiger partial charge >= 0.3 is 5.97 Å². The van der Waals surface area contributed by atoms with Gasteiger partial charge in [-0.3, -0.25) is 4.79 Å². The second-order valence-electron chi connectivity index (χ2n) is 6.25. The maximum atomic E-state index is 10.5. The van der Waals surface area contributed by atoms with E-state index in [1.807, 2.05) is 24.0 Å². The molecule has 0 atom stereocenters. The molecule has 1 fully saturated rings. The zero-order valence-electron chi connectivity index (χ0n) is 14.2. The molecule has 0 bridgehead atoms. The Morgan fingerprint density at radius 1 is 1.16 bits per heavy atom. The second kappa shape index (κ2) is 9.30. The van der Waals surface area contributed by atoms with Crippen molar-refractivity contribution in [3.05, 3.63) is 42.6 Å². The number of nitrogens with zero attached hydrogens (tertiary/aromatic N) is 1. The van der Waals surface area contributed by atoms with E-state index in [1.54, 1.807) is 11.8 Å². The van der Waals surface area contributed by atoms with E-state index >= 15 is 0 Å². The molecule has 3 nitrogen and oxygen atoms in total. The van der Waals surface area contributed by atoms with Crippen molar-refractivity contribution in [3.8, 4) is 11.1 Å². The number of rotatable bonds is 9. The van der Waals surface area contributed by atoms with Gasteiger partial charge in [-0.15, -0.1) is 23.5 Å². The first kappa shape index (κ1) is 18.3. The Bertz CT molecular complexity index is 699. The van der Waals surface area contributed by atoms with Crippen LogP contribution in [0.4, 0.5) is 0 Å². The lowest BCUT2D eigenvalue weighted by molar-refractivity contribution is -0.137. The first-order valence-corrected chi connectivity index (χ1v) is 10.7. The molecule has 1 aliphatic rings. The molecule has 1 heterocycles. The molecular formula is C20H23NO2S2. The molecule has 0 aliphatic heterocycles. The van der Waals surface area contributed by atoms with Gasteiger partial charge < -0.3 is 5.11 Å². The summed E-state index contributed by atoms with van der Waals surface area (Å²) in [5.74, 6) is 0.254. The van der Waals surface area contributed by atoms with Gasteiger partial charge in [-0.2, -0.15) is 0 Å². The van der Waals surface area contributed by atoms with E-state index in [0.717, 1.165) is 28.9 Å². The van der Waals surface area contributed by atoms with Gasteiger partial charge in [-0.1, -0.05) is 24.6 Å². The van der Waals surface area contributed by atoms with Crippen molar-refractivity contribution in [2.24, 2.45) is 0 Å². The summed E-state index contributed by atoms with van der Waals surface area (Å²) in [5, 5.41) is 10.5. The maximum Gasteiger partial charge on any atom is 0.303 e. The lowest BCUT2D eigenvalue weighted by Crippen LogP contribution is -2.13. The van der Waals surface area contributed by atoms with Crippen LogP contribution in [0.2, 0.25) is 0 Å². The summed E-state index contributed by atoms with van der Waals surface area (Å²) in [6.45, 7) is 0. The SMILES string of the molecule is O=C(O)CCCCSc1ccc(-c2cccnc2SC2CCC2)cc1. The molecule has 5 heteroatoms. The number of carboxylic acid groups (broad SMARTS) is 1. The van der Waals surface area contributed by atoms with Crippen molar-refractivity contribution in [1.29, 1.82) is 0 Å². The summed E-state index contributed by atoms with van der Waals surface area (Å²) in [7, 11) is 0. The fourth-order valence-corrected chi connectivity index (χ4v) is 4.88. The van der Waals surface area contributed by atoms with Crippen molar-refractivity contribution in [2.45, 2.75) is 53.7 Å². The normalized spacial score (nSPS) is 14.2. The number of hydrogen-bond acceptors (Lipinski definition) is 4. The Hall–Kier alpha value is -1.46. The number of pyridine rings is 1. The van der Waals surface area contributed by atoms with Crippen molar-refractivity contribution in [2.75, 3.05) is 5.75 Å². The van der Waals surface area contributed by atoms with E-state index in [2.05, 4.69) is 35.3 Å². The van der Waals surface area contributed by atoms with Gasteiger partial charge in [0.25, 0.3) is 0 Å². The molecule has 3 rings (SSSR count). The molecule has 1 aromatic heterocycles. The second-order valence-corrected chi connectivity index (χ2v) is 8.71. The molecule has 0 radical (unpaired) electrons. The molecule has 0 saturated heterocycles. The van der Waals surface area contributed by atoms with Gasteiger partial charge in [0, 0.05) is 28.3 Å². The number of carbonyl (C=O) groups is 1. The Kier molecular flexibility index (Phi) is 6.82. The summed E-state index contributed by atoms with van der Waals surface area (Å²) in [4.78, 5) is 16.3. The number of unbranched alkanes of at least 4 members (excludes halogenated alkanes) is 1. The van der Waals surface area contributed by atoms with E-state index in [-0.39, 0.29) is 6.42 Å². The molecular weight excluding hydrogens is 350 g/mol. The molecule has 2 aromatic rings. The highest BCUT2D eigenvalue weighted by Crippen LogP contribution is 2.39. The molecule has 1 aliphatic carbocycles. The van der Waals surface area contributed by atoms with E-state index in [1.165, 1.54) is 35.3 Å². The van der Waals surface area contributed by atoms with Crippen LogP contribution in [-0.2, 0) is 4.79 Å². The number of hydrogen-bond donors (Lipinski definition) is 1. The lowest BCUT2D eigenvalue weighted by atomic mass is 10.00. The quantitative estimate of drug-likeness (QED) is 0.449. The first-order chi connectivity index (χ1) is 12.2. The van der Waals surface area contributed by atoms with Crippen LogP contribution in [0.1, 0.15) is 38.5 Å². The van der Waals surface area contributed by atoms with Crippen LogP contribution in [0.25, 0.3) is 11.1 Å². The van der Waals surface area contributed by atoms with Crippen molar-refractivity contribution < 1.29 is 9.90 Å². The largest absolute Gasteiger partial charge is 0.481 e. The van der Waals surface area contributed by atoms with Crippen LogP contribution in [0.3, 0.4) is 0 Å². The predicted molar refractivity (Wildman–Crippen MR) is 105 cm³/mol. The number of aromatic nitrogens is 1. The molecule has 1 N–H and O–H groups in total. The van der Waals surface area contributed by atoms with Crippen LogP contribution >= 0.6 is 23.5 Å². The molecule has 0 amide bonds. The van der Waals surface area contributed by atoms with E-state index in [4.69, 9.17) is 5.11 Å². The van der Waals surface area contributed by atoms with Gasteiger partial charge in [0.05, 0.1) is 0 Å². The number of carboxylic acids is 1. The highest BCUT2D eigenvalue weighted by atomic mass is 32.2. The Morgan fingerprint density at radius 2 is 1.96 bits per heavy atom. The zero-order chi connectivity index (χ0) is 17.5. The average Bonchev–Trinajstić information content (AvgIpc) is 2.58. The Balaban J connectivity index is 1.57. The number of benzene rings is 1. The summed E-state index contributed by atoms with van der Waals surface area (Å²) < 4.78 is 0. The van der Waals surface area contributed by atoms with Crippen LogP contribution in [0, 0.1) is 0 Å². The molecule has 1 aromatic carbocycles. The Labute approximate surface area is 157 Å². The summed E-state index contributed by atoms with van der Waals surface area (Å²) in [6, 6.07) is 12.8. The van der Waals surface area contributed by atoms with Crippen LogP contribution in [-0.4, -0.2) is 27.1 Å². The summed E-state index contributed by atoms with van der Waals surface area (Å²) in [6.07, 6.45) is 7.78. The number of aliphatic carboxylic acids is 1. The minimum absolute atomic E-state index is 0.266. The molecule has 132 valence electrons. The molecule has 1 saturated carbocycles. The average molecular weight is 374 g/mol. The van der Waals surface area contributed by atoms with Gasteiger partial charge in [-0.25, -0.2) is 4.98 Å². The smallest absolute Gasteiger partial charge is 0.303 e.